The zero-order chi connectivity index (χ0) is 16.9. The van der Waals surface area contributed by atoms with Crippen LogP contribution in [-0.4, -0.2) is 51.1 Å². The Morgan fingerprint density at radius 2 is 1.61 bits per heavy atom. The molecule has 6 nitrogen and oxygen atoms in total. The molecule has 126 valence electrons. The smallest absolute Gasteiger partial charge is 0.338 e. The van der Waals surface area contributed by atoms with Crippen LogP contribution in [0.15, 0.2) is 29.2 Å². The lowest BCUT2D eigenvalue weighted by Crippen LogP contribution is -2.35. The lowest BCUT2D eigenvalue weighted by atomic mass is 10.2. The molecule has 0 radical (unpaired) electrons. The van der Waals surface area contributed by atoms with Crippen molar-refractivity contribution in [2.75, 3.05) is 26.0 Å². The third-order valence-corrected chi connectivity index (χ3v) is 4.93. The molecule has 0 bridgehead atoms. The minimum atomic E-state index is -3.30. The molecule has 0 N–H and O–H groups in total. The van der Waals surface area contributed by atoms with Crippen LogP contribution in [0.5, 0.6) is 0 Å². The summed E-state index contributed by atoms with van der Waals surface area (Å²) in [6.07, 6.45) is 5.30. The molecular weight excluding hydrogens is 318 g/mol. The van der Waals surface area contributed by atoms with Gasteiger partial charge in [-0.3, -0.25) is 4.79 Å². The Balaban J connectivity index is 1.90. The van der Waals surface area contributed by atoms with Gasteiger partial charge in [0.1, 0.15) is 0 Å². The number of nitrogens with zero attached hydrogens (tertiary/aromatic N) is 1. The van der Waals surface area contributed by atoms with Crippen molar-refractivity contribution in [3.05, 3.63) is 29.8 Å². The molecule has 0 spiro atoms. The van der Waals surface area contributed by atoms with Crippen molar-refractivity contribution in [3.8, 4) is 0 Å². The molecule has 1 aromatic carbocycles. The van der Waals surface area contributed by atoms with E-state index in [1.807, 2.05) is 0 Å². The van der Waals surface area contributed by atoms with Crippen LogP contribution < -0.4 is 0 Å². The summed E-state index contributed by atoms with van der Waals surface area (Å²) >= 11 is 0. The molecule has 7 heteroatoms. The molecule has 1 heterocycles. The van der Waals surface area contributed by atoms with E-state index in [1.165, 1.54) is 24.3 Å². The molecule has 1 aromatic rings. The average Bonchev–Trinajstić information content (AvgIpc) is 2.81. The normalized spacial score (nSPS) is 15.8. The van der Waals surface area contributed by atoms with Gasteiger partial charge in [-0.1, -0.05) is 12.8 Å². The molecule has 23 heavy (non-hydrogen) atoms. The zero-order valence-electron chi connectivity index (χ0n) is 13.2. The third-order valence-electron chi connectivity index (χ3n) is 3.80. The summed E-state index contributed by atoms with van der Waals surface area (Å²) in [7, 11) is -3.30. The lowest BCUT2D eigenvalue weighted by molar-refractivity contribution is -0.134. The third kappa shape index (κ3) is 5.06. The van der Waals surface area contributed by atoms with Crippen LogP contribution in [0, 0.1) is 0 Å². The molecule has 0 unspecified atom stereocenters. The van der Waals surface area contributed by atoms with E-state index in [-0.39, 0.29) is 23.0 Å². The first-order chi connectivity index (χ1) is 10.9. The maximum atomic E-state index is 12.0. The SMILES string of the molecule is CS(=O)(=O)c1ccc(C(=O)OCC(=O)N2CCCCCC2)cc1. The summed E-state index contributed by atoms with van der Waals surface area (Å²) in [6.45, 7) is 1.13. The minimum absolute atomic E-state index is 0.134. The number of hydrogen-bond donors (Lipinski definition) is 0. The van der Waals surface area contributed by atoms with Crippen molar-refractivity contribution in [2.45, 2.75) is 30.6 Å². The Morgan fingerprint density at radius 1 is 1.04 bits per heavy atom. The number of hydrogen-bond acceptors (Lipinski definition) is 5. The van der Waals surface area contributed by atoms with Crippen molar-refractivity contribution in [2.24, 2.45) is 0 Å². The first-order valence-corrected chi connectivity index (χ1v) is 9.52. The molecule has 1 fully saturated rings. The van der Waals surface area contributed by atoms with E-state index in [9.17, 15) is 18.0 Å². The lowest BCUT2D eigenvalue weighted by Gasteiger charge is -2.19. The van der Waals surface area contributed by atoms with Crippen LogP contribution in [0.2, 0.25) is 0 Å². The number of rotatable bonds is 4. The van der Waals surface area contributed by atoms with E-state index in [0.717, 1.165) is 31.9 Å². The standard InChI is InChI=1S/C16H21NO5S/c1-23(20,21)14-8-6-13(7-9-14)16(19)22-12-15(18)17-10-4-2-3-5-11-17/h6-9H,2-5,10-12H2,1H3. The molecule has 2 rings (SSSR count). The van der Waals surface area contributed by atoms with Crippen LogP contribution >= 0.6 is 0 Å². The number of esters is 1. The summed E-state index contributed by atoms with van der Waals surface area (Å²) in [4.78, 5) is 25.8. The number of benzene rings is 1. The quantitative estimate of drug-likeness (QED) is 0.779. The van der Waals surface area contributed by atoms with Gasteiger partial charge in [-0.15, -0.1) is 0 Å². The van der Waals surface area contributed by atoms with Gasteiger partial charge in [-0.2, -0.15) is 0 Å². The Kier molecular flexibility index (Phi) is 5.76. The number of carbonyl (C=O) groups is 2. The Hall–Kier alpha value is -1.89. The van der Waals surface area contributed by atoms with Gasteiger partial charge in [0.15, 0.2) is 16.4 Å². The molecule has 0 saturated carbocycles. The maximum absolute atomic E-state index is 12.0. The van der Waals surface area contributed by atoms with Crippen molar-refractivity contribution >= 4 is 21.7 Å². The van der Waals surface area contributed by atoms with Gasteiger partial charge < -0.3 is 9.64 Å². The van der Waals surface area contributed by atoms with Gasteiger partial charge in [0.05, 0.1) is 10.5 Å². The number of ether oxygens (including phenoxy) is 1. The number of carbonyl (C=O) groups excluding carboxylic acids is 2. The van der Waals surface area contributed by atoms with Gasteiger partial charge >= 0.3 is 5.97 Å². The average molecular weight is 339 g/mol. The second-order valence-corrected chi connectivity index (χ2v) is 7.68. The minimum Gasteiger partial charge on any atom is -0.452 e. The van der Waals surface area contributed by atoms with E-state index in [0.29, 0.717) is 13.1 Å². The molecule has 0 aliphatic carbocycles. The molecule has 1 amide bonds. The highest BCUT2D eigenvalue weighted by Crippen LogP contribution is 2.12. The van der Waals surface area contributed by atoms with Gasteiger partial charge in [-0.25, -0.2) is 13.2 Å². The molecule has 0 atom stereocenters. The van der Waals surface area contributed by atoms with Gasteiger partial charge in [0, 0.05) is 19.3 Å². The first kappa shape index (κ1) is 17.5. The fourth-order valence-electron chi connectivity index (χ4n) is 2.46. The molecular formula is C16H21NO5S. The largest absolute Gasteiger partial charge is 0.452 e. The van der Waals surface area contributed by atoms with E-state index >= 15 is 0 Å². The first-order valence-electron chi connectivity index (χ1n) is 7.63. The summed E-state index contributed by atoms with van der Waals surface area (Å²) in [5, 5.41) is 0. The second kappa shape index (κ2) is 7.59. The number of sulfone groups is 1. The zero-order valence-corrected chi connectivity index (χ0v) is 14.0. The van der Waals surface area contributed by atoms with Crippen LogP contribution in [0.25, 0.3) is 0 Å². The second-order valence-electron chi connectivity index (χ2n) is 5.67. The molecule has 0 aromatic heterocycles. The Labute approximate surface area is 136 Å². The number of likely N-dealkylation sites (tertiary alicyclic amines) is 1. The monoisotopic (exact) mass is 339 g/mol. The highest BCUT2D eigenvalue weighted by molar-refractivity contribution is 7.90. The Morgan fingerprint density at radius 3 is 2.13 bits per heavy atom. The summed E-state index contributed by atoms with van der Waals surface area (Å²) < 4.78 is 27.8. The van der Waals surface area contributed by atoms with E-state index in [4.69, 9.17) is 4.74 Å². The van der Waals surface area contributed by atoms with E-state index < -0.39 is 15.8 Å². The highest BCUT2D eigenvalue weighted by atomic mass is 32.2. The fourth-order valence-corrected chi connectivity index (χ4v) is 3.09. The predicted octanol–water partition coefficient (Wildman–Crippen LogP) is 1.65. The predicted molar refractivity (Wildman–Crippen MR) is 84.9 cm³/mol. The van der Waals surface area contributed by atoms with Gasteiger partial charge in [0.2, 0.25) is 0 Å². The van der Waals surface area contributed by atoms with Crippen molar-refractivity contribution < 1.29 is 22.7 Å². The summed E-state index contributed by atoms with van der Waals surface area (Å²) in [5.41, 5.74) is 0.223. The summed E-state index contributed by atoms with van der Waals surface area (Å²) in [5.74, 6) is -0.818. The molecule has 1 aliphatic heterocycles. The number of amides is 1. The molecule has 1 aliphatic rings. The van der Waals surface area contributed by atoms with E-state index in [1.54, 1.807) is 4.90 Å². The van der Waals surface area contributed by atoms with Crippen molar-refractivity contribution in [3.63, 3.8) is 0 Å². The van der Waals surface area contributed by atoms with Crippen molar-refractivity contribution in [1.29, 1.82) is 0 Å². The van der Waals surface area contributed by atoms with Crippen LogP contribution in [0.1, 0.15) is 36.0 Å². The van der Waals surface area contributed by atoms with Gasteiger partial charge in [0.25, 0.3) is 5.91 Å². The van der Waals surface area contributed by atoms with Gasteiger partial charge in [-0.05, 0) is 37.1 Å². The fraction of sp³-hybridized carbons (Fsp3) is 0.500. The molecule has 1 saturated heterocycles. The Bertz CT molecular complexity index is 658. The summed E-state index contributed by atoms with van der Waals surface area (Å²) in [6, 6.07) is 5.47. The highest BCUT2D eigenvalue weighted by Gasteiger charge is 2.18. The maximum Gasteiger partial charge on any atom is 0.338 e. The van der Waals surface area contributed by atoms with Crippen LogP contribution in [0.4, 0.5) is 0 Å². The topological polar surface area (TPSA) is 80.7 Å². The van der Waals surface area contributed by atoms with Crippen LogP contribution in [-0.2, 0) is 19.4 Å². The van der Waals surface area contributed by atoms with E-state index in [2.05, 4.69) is 0 Å². The van der Waals surface area contributed by atoms with Crippen molar-refractivity contribution in [1.82, 2.24) is 4.90 Å². The van der Waals surface area contributed by atoms with Crippen LogP contribution in [0.3, 0.4) is 0 Å².